The van der Waals surface area contributed by atoms with Gasteiger partial charge in [0.15, 0.2) is 0 Å². The van der Waals surface area contributed by atoms with E-state index in [-0.39, 0.29) is 42.1 Å². The van der Waals surface area contributed by atoms with Crippen molar-refractivity contribution in [2.24, 2.45) is 5.92 Å². The number of unbranched alkanes of at least 4 members (excludes halogenated alkanes) is 9. The minimum atomic E-state index is -4.54. The molecular formula is C17H35NaO4S. The van der Waals surface area contributed by atoms with E-state index in [1.807, 2.05) is 0 Å². The molecule has 4 nitrogen and oxygen atoms in total. The number of rotatable bonds is 16. The van der Waals surface area contributed by atoms with Gasteiger partial charge in [0.05, 0.1) is 6.61 Å². The Morgan fingerprint density at radius 3 is 1.70 bits per heavy atom. The van der Waals surface area contributed by atoms with Gasteiger partial charge in [-0.2, -0.15) is 0 Å². The van der Waals surface area contributed by atoms with Gasteiger partial charge in [0.2, 0.25) is 10.4 Å². The Morgan fingerprint density at radius 1 is 0.783 bits per heavy atom. The van der Waals surface area contributed by atoms with E-state index in [1.165, 1.54) is 51.4 Å². The Bertz CT molecular complexity index is 333. The Morgan fingerprint density at radius 2 is 1.22 bits per heavy atom. The van der Waals surface area contributed by atoms with Crippen LogP contribution in [0.1, 0.15) is 97.3 Å². The summed E-state index contributed by atoms with van der Waals surface area (Å²) in [5, 5.41) is 0. The molecule has 0 heterocycles. The minimum Gasteiger partial charge on any atom is -0.726 e. The van der Waals surface area contributed by atoms with Gasteiger partial charge in [-0.15, -0.1) is 0 Å². The first-order valence-electron chi connectivity index (χ1n) is 9.09. The van der Waals surface area contributed by atoms with Crippen LogP contribution in [0.2, 0.25) is 0 Å². The van der Waals surface area contributed by atoms with E-state index in [9.17, 15) is 13.0 Å². The van der Waals surface area contributed by atoms with E-state index in [2.05, 4.69) is 18.0 Å². The zero-order valence-electron chi connectivity index (χ0n) is 15.5. The van der Waals surface area contributed by atoms with E-state index in [1.54, 1.807) is 0 Å². The average Bonchev–Trinajstić information content (AvgIpc) is 2.46. The van der Waals surface area contributed by atoms with Crippen LogP contribution < -0.4 is 29.6 Å². The maximum Gasteiger partial charge on any atom is 1.00 e. The van der Waals surface area contributed by atoms with Crippen LogP contribution in [0.4, 0.5) is 0 Å². The van der Waals surface area contributed by atoms with Crippen LogP contribution in [0, 0.1) is 5.92 Å². The number of hydrogen-bond donors (Lipinski definition) is 0. The summed E-state index contributed by atoms with van der Waals surface area (Å²) in [5.41, 5.74) is 0. The zero-order chi connectivity index (χ0) is 16.7. The average molecular weight is 359 g/mol. The molecule has 134 valence electrons. The van der Waals surface area contributed by atoms with Crippen LogP contribution in [0.5, 0.6) is 0 Å². The molecule has 0 spiro atoms. The maximum absolute atomic E-state index is 10.6. The van der Waals surface area contributed by atoms with Gasteiger partial charge in [0, 0.05) is 0 Å². The molecule has 0 aromatic rings. The molecule has 1 atom stereocenters. The fraction of sp³-hybridized carbons (Fsp3) is 1.00. The second kappa shape index (κ2) is 17.7. The van der Waals surface area contributed by atoms with Crippen molar-refractivity contribution in [3.05, 3.63) is 0 Å². The van der Waals surface area contributed by atoms with E-state index in [4.69, 9.17) is 0 Å². The SMILES string of the molecule is CCCCCCCCCCCC(CCCC)COS(=O)(=O)[O-].[Na+]. The molecule has 0 radical (unpaired) electrons. The van der Waals surface area contributed by atoms with Crippen LogP contribution in [-0.4, -0.2) is 19.6 Å². The topological polar surface area (TPSA) is 66.4 Å². The second-order valence-electron chi connectivity index (χ2n) is 6.32. The molecule has 23 heavy (non-hydrogen) atoms. The summed E-state index contributed by atoms with van der Waals surface area (Å²) in [6, 6.07) is 0. The Balaban J connectivity index is 0. The van der Waals surface area contributed by atoms with Crippen molar-refractivity contribution >= 4 is 10.4 Å². The summed E-state index contributed by atoms with van der Waals surface area (Å²) in [7, 11) is -4.54. The minimum absolute atomic E-state index is 0. The quantitative estimate of drug-likeness (QED) is 0.184. The van der Waals surface area contributed by atoms with Gasteiger partial charge in [-0.3, -0.25) is 4.18 Å². The summed E-state index contributed by atoms with van der Waals surface area (Å²) >= 11 is 0. The van der Waals surface area contributed by atoms with Crippen molar-refractivity contribution in [1.29, 1.82) is 0 Å². The monoisotopic (exact) mass is 358 g/mol. The van der Waals surface area contributed by atoms with Crippen LogP contribution in [0.15, 0.2) is 0 Å². The van der Waals surface area contributed by atoms with Crippen molar-refractivity contribution < 1.29 is 46.7 Å². The third-order valence-corrected chi connectivity index (χ3v) is 4.55. The summed E-state index contributed by atoms with van der Waals surface area (Å²) in [6.45, 7) is 4.40. The maximum atomic E-state index is 10.6. The van der Waals surface area contributed by atoms with Gasteiger partial charge in [-0.1, -0.05) is 84.5 Å². The Hall–Kier alpha value is 0.870. The largest absolute Gasteiger partial charge is 1.00 e. The summed E-state index contributed by atoms with van der Waals surface area (Å²) in [6.07, 6.45) is 15.6. The van der Waals surface area contributed by atoms with Gasteiger partial charge in [-0.25, -0.2) is 8.42 Å². The second-order valence-corrected chi connectivity index (χ2v) is 7.37. The van der Waals surface area contributed by atoms with Gasteiger partial charge >= 0.3 is 29.6 Å². The smallest absolute Gasteiger partial charge is 0.726 e. The predicted molar refractivity (Wildman–Crippen MR) is 90.5 cm³/mol. The van der Waals surface area contributed by atoms with Crippen LogP contribution in [-0.2, 0) is 14.6 Å². The van der Waals surface area contributed by atoms with E-state index in [0.29, 0.717) is 0 Å². The third-order valence-electron chi connectivity index (χ3n) is 4.13. The molecule has 0 aliphatic rings. The molecular weight excluding hydrogens is 323 g/mol. The van der Waals surface area contributed by atoms with Crippen molar-refractivity contribution in [2.45, 2.75) is 97.3 Å². The predicted octanol–water partition coefficient (Wildman–Crippen LogP) is 2.19. The first kappa shape index (κ1) is 26.1. The molecule has 6 heteroatoms. The number of hydrogen-bond acceptors (Lipinski definition) is 4. The molecule has 0 bridgehead atoms. The van der Waals surface area contributed by atoms with Gasteiger partial charge < -0.3 is 4.55 Å². The molecule has 0 aromatic carbocycles. The molecule has 0 aliphatic heterocycles. The summed E-state index contributed by atoms with van der Waals surface area (Å²) in [5.74, 6) is 0.202. The third kappa shape index (κ3) is 20.8. The Labute approximate surface area is 166 Å². The molecule has 0 saturated carbocycles. The molecule has 1 unspecified atom stereocenters. The van der Waals surface area contributed by atoms with E-state index < -0.39 is 10.4 Å². The molecule has 0 amide bonds. The van der Waals surface area contributed by atoms with Crippen molar-refractivity contribution in [3.63, 3.8) is 0 Å². The fourth-order valence-electron chi connectivity index (χ4n) is 2.73. The molecule has 0 fully saturated rings. The fourth-order valence-corrected chi connectivity index (χ4v) is 3.09. The molecule has 0 N–H and O–H groups in total. The summed E-state index contributed by atoms with van der Waals surface area (Å²) < 4.78 is 36.1. The van der Waals surface area contributed by atoms with Crippen LogP contribution in [0.3, 0.4) is 0 Å². The van der Waals surface area contributed by atoms with E-state index in [0.717, 1.165) is 32.1 Å². The van der Waals surface area contributed by atoms with Gasteiger partial charge in [0.25, 0.3) is 0 Å². The first-order chi connectivity index (χ1) is 10.5. The van der Waals surface area contributed by atoms with Crippen molar-refractivity contribution in [3.8, 4) is 0 Å². The van der Waals surface area contributed by atoms with E-state index >= 15 is 0 Å². The molecule has 0 saturated heterocycles. The van der Waals surface area contributed by atoms with Crippen molar-refractivity contribution in [1.82, 2.24) is 0 Å². The molecule has 0 aromatic heterocycles. The molecule has 0 aliphatic carbocycles. The molecule has 0 rings (SSSR count). The Kier molecular flexibility index (Phi) is 20.1. The van der Waals surface area contributed by atoms with Crippen LogP contribution in [0.25, 0.3) is 0 Å². The standard InChI is InChI=1S/C17H36O4S.Na/c1-3-5-7-8-9-10-11-12-13-15-17(14-6-4-2)16-21-22(18,19)20;/h17H,3-16H2,1-2H3,(H,18,19,20);/q;+1/p-1. The normalized spacial score (nSPS) is 12.8. The van der Waals surface area contributed by atoms with Crippen LogP contribution >= 0.6 is 0 Å². The van der Waals surface area contributed by atoms with Gasteiger partial charge in [-0.05, 0) is 18.8 Å². The zero-order valence-corrected chi connectivity index (χ0v) is 18.3. The summed E-state index contributed by atoms with van der Waals surface area (Å²) in [4.78, 5) is 0. The van der Waals surface area contributed by atoms with Crippen molar-refractivity contribution in [2.75, 3.05) is 6.61 Å². The van der Waals surface area contributed by atoms with Gasteiger partial charge in [0.1, 0.15) is 0 Å². The first-order valence-corrected chi connectivity index (χ1v) is 10.4.